The minimum atomic E-state index is -0.503. The Morgan fingerprint density at radius 1 is 1.00 bits per heavy atom. The number of aryl methyl sites for hydroxylation is 2. The van der Waals surface area contributed by atoms with E-state index in [0.29, 0.717) is 11.3 Å². The van der Waals surface area contributed by atoms with Gasteiger partial charge in [-0.3, -0.25) is 19.3 Å². The molecule has 1 saturated heterocycles. The van der Waals surface area contributed by atoms with Crippen LogP contribution < -0.4 is 5.32 Å². The third-order valence-electron chi connectivity index (χ3n) is 5.81. The van der Waals surface area contributed by atoms with Gasteiger partial charge in [0.2, 0.25) is 5.91 Å². The molecule has 0 aliphatic carbocycles. The van der Waals surface area contributed by atoms with Crippen LogP contribution in [0.3, 0.4) is 0 Å². The van der Waals surface area contributed by atoms with Gasteiger partial charge in [-0.05, 0) is 86.6 Å². The van der Waals surface area contributed by atoms with E-state index in [1.54, 1.807) is 30.3 Å². The zero-order valence-electron chi connectivity index (χ0n) is 20.3. The fourth-order valence-corrected chi connectivity index (χ4v) is 4.78. The van der Waals surface area contributed by atoms with Crippen LogP contribution in [-0.4, -0.2) is 46.1 Å². The lowest BCUT2D eigenvalue weighted by Gasteiger charge is -2.12. The Morgan fingerprint density at radius 3 is 2.31 bits per heavy atom. The average molecular weight is 504 g/mol. The number of anilines is 1. The van der Waals surface area contributed by atoms with E-state index in [9.17, 15) is 19.2 Å². The third kappa shape index (κ3) is 5.11. The molecule has 2 heterocycles. The number of carbonyl (C=O) groups excluding carboxylic acids is 4. The monoisotopic (exact) mass is 503 g/mol. The quantitative estimate of drug-likeness (QED) is 0.381. The van der Waals surface area contributed by atoms with Crippen molar-refractivity contribution in [2.45, 2.75) is 20.8 Å². The molecule has 9 heteroatoms. The average Bonchev–Trinajstić information content (AvgIpc) is 3.29. The predicted octanol–water partition coefficient (Wildman–Crippen LogP) is 4.86. The number of methoxy groups -OCH3 is 1. The molecule has 0 spiro atoms. The molecule has 8 nitrogen and oxygen atoms in total. The van der Waals surface area contributed by atoms with Gasteiger partial charge in [-0.1, -0.05) is 17.7 Å². The minimum absolute atomic E-state index is 0.254. The van der Waals surface area contributed by atoms with Crippen molar-refractivity contribution < 1.29 is 23.9 Å². The van der Waals surface area contributed by atoms with Crippen molar-refractivity contribution in [1.29, 1.82) is 0 Å². The van der Waals surface area contributed by atoms with Crippen LogP contribution in [0, 0.1) is 20.8 Å². The zero-order chi connectivity index (χ0) is 26.0. The second kappa shape index (κ2) is 10.2. The molecule has 0 atom stereocenters. The number of amides is 3. The molecule has 3 amide bonds. The molecule has 1 N–H and O–H groups in total. The fraction of sp³-hybridized carbons (Fsp3) is 0.185. The summed E-state index contributed by atoms with van der Waals surface area (Å²) in [5.41, 5.74) is 5.51. The number of imide groups is 1. The number of hydrogen-bond donors (Lipinski definition) is 1. The maximum Gasteiger partial charge on any atom is 0.337 e. The van der Waals surface area contributed by atoms with E-state index < -0.39 is 23.0 Å². The van der Waals surface area contributed by atoms with E-state index in [4.69, 9.17) is 4.74 Å². The molecule has 36 heavy (non-hydrogen) atoms. The van der Waals surface area contributed by atoms with Gasteiger partial charge in [0.1, 0.15) is 6.54 Å². The summed E-state index contributed by atoms with van der Waals surface area (Å²) < 4.78 is 6.74. The van der Waals surface area contributed by atoms with Gasteiger partial charge in [0.15, 0.2) is 0 Å². The molecule has 1 aromatic heterocycles. The van der Waals surface area contributed by atoms with Gasteiger partial charge in [-0.25, -0.2) is 4.79 Å². The van der Waals surface area contributed by atoms with Crippen LogP contribution in [0.1, 0.15) is 32.9 Å². The number of thioether (sulfide) groups is 1. The van der Waals surface area contributed by atoms with E-state index in [0.717, 1.165) is 44.9 Å². The summed E-state index contributed by atoms with van der Waals surface area (Å²) in [7, 11) is 1.33. The topological polar surface area (TPSA) is 97.7 Å². The van der Waals surface area contributed by atoms with Crippen LogP contribution in [0.25, 0.3) is 11.8 Å². The molecule has 0 unspecified atom stereocenters. The molecule has 4 rings (SSSR count). The highest BCUT2D eigenvalue weighted by molar-refractivity contribution is 8.18. The summed E-state index contributed by atoms with van der Waals surface area (Å²) in [4.78, 5) is 50.8. The van der Waals surface area contributed by atoms with Crippen LogP contribution in [0.5, 0.6) is 0 Å². The lowest BCUT2D eigenvalue weighted by Crippen LogP contribution is -2.36. The predicted molar refractivity (Wildman–Crippen MR) is 139 cm³/mol. The lowest BCUT2D eigenvalue weighted by molar-refractivity contribution is -0.127. The summed E-state index contributed by atoms with van der Waals surface area (Å²) in [6, 6.07) is 16.2. The van der Waals surface area contributed by atoms with Gasteiger partial charge in [0.05, 0.1) is 17.6 Å². The number of esters is 1. The van der Waals surface area contributed by atoms with E-state index in [-0.39, 0.29) is 11.4 Å². The normalized spacial score (nSPS) is 14.4. The van der Waals surface area contributed by atoms with Crippen LogP contribution in [-0.2, 0) is 14.3 Å². The van der Waals surface area contributed by atoms with Crippen LogP contribution in [0.2, 0.25) is 0 Å². The van der Waals surface area contributed by atoms with E-state index >= 15 is 0 Å². The first-order chi connectivity index (χ1) is 17.2. The van der Waals surface area contributed by atoms with Crippen molar-refractivity contribution in [3.63, 3.8) is 0 Å². The summed E-state index contributed by atoms with van der Waals surface area (Å²) in [6.45, 7) is 5.42. The highest BCUT2D eigenvalue weighted by Crippen LogP contribution is 2.33. The first kappa shape index (κ1) is 25.0. The maximum absolute atomic E-state index is 12.9. The van der Waals surface area contributed by atoms with Gasteiger partial charge < -0.3 is 14.6 Å². The van der Waals surface area contributed by atoms with Crippen molar-refractivity contribution in [1.82, 2.24) is 9.47 Å². The Bertz CT molecular complexity index is 1390. The molecular weight excluding hydrogens is 478 g/mol. The lowest BCUT2D eigenvalue weighted by atomic mass is 10.2. The Balaban J connectivity index is 1.51. The molecule has 2 aromatic carbocycles. The molecule has 1 aliphatic rings. The first-order valence-corrected chi connectivity index (χ1v) is 12.0. The number of nitrogens with zero attached hydrogens (tertiary/aromatic N) is 2. The number of hydrogen-bond acceptors (Lipinski definition) is 6. The summed E-state index contributed by atoms with van der Waals surface area (Å²) >= 11 is 0.812. The summed E-state index contributed by atoms with van der Waals surface area (Å²) in [5, 5.41) is 2.22. The molecule has 0 bridgehead atoms. The summed E-state index contributed by atoms with van der Waals surface area (Å²) in [6.07, 6.45) is 1.67. The standard InChI is InChI=1S/C27H25N3O5S/c1-16-5-9-21(10-6-16)28-24(31)15-29-25(32)23(36-27(29)34)14-20-13-17(2)30(18(20)3)22-11-7-19(8-12-22)26(33)35-4/h5-14H,15H2,1-4H3,(H,28,31). The van der Waals surface area contributed by atoms with Gasteiger partial charge in [0, 0.05) is 22.8 Å². The van der Waals surface area contributed by atoms with Crippen molar-refractivity contribution >= 4 is 46.5 Å². The van der Waals surface area contributed by atoms with Crippen molar-refractivity contribution in [3.8, 4) is 5.69 Å². The maximum atomic E-state index is 12.9. The number of benzene rings is 2. The number of nitrogens with one attached hydrogen (secondary N) is 1. The Labute approximate surface area is 212 Å². The van der Waals surface area contributed by atoms with Crippen molar-refractivity contribution in [3.05, 3.63) is 87.6 Å². The highest BCUT2D eigenvalue weighted by Gasteiger charge is 2.36. The zero-order valence-corrected chi connectivity index (χ0v) is 21.1. The number of rotatable bonds is 6. The molecular formula is C27H25N3O5S. The van der Waals surface area contributed by atoms with Crippen LogP contribution >= 0.6 is 11.8 Å². The molecule has 1 fully saturated rings. The largest absolute Gasteiger partial charge is 0.465 e. The van der Waals surface area contributed by atoms with Crippen LogP contribution in [0.4, 0.5) is 10.5 Å². The third-order valence-corrected chi connectivity index (χ3v) is 6.72. The molecule has 0 saturated carbocycles. The SMILES string of the molecule is COC(=O)c1ccc(-n2c(C)cc(C=C3SC(=O)N(CC(=O)Nc4ccc(C)cc4)C3=O)c2C)cc1. The van der Waals surface area contributed by atoms with Crippen molar-refractivity contribution in [2.24, 2.45) is 0 Å². The molecule has 1 aliphatic heterocycles. The van der Waals surface area contributed by atoms with Crippen LogP contribution in [0.15, 0.2) is 59.5 Å². The van der Waals surface area contributed by atoms with E-state index in [2.05, 4.69) is 5.32 Å². The highest BCUT2D eigenvalue weighted by atomic mass is 32.2. The summed E-state index contributed by atoms with van der Waals surface area (Å²) in [5.74, 6) is -1.36. The van der Waals surface area contributed by atoms with Crippen molar-refractivity contribution in [2.75, 3.05) is 19.0 Å². The molecule has 3 aromatic rings. The van der Waals surface area contributed by atoms with Gasteiger partial charge in [-0.2, -0.15) is 0 Å². The fourth-order valence-electron chi connectivity index (χ4n) is 3.95. The first-order valence-electron chi connectivity index (χ1n) is 11.2. The second-order valence-corrected chi connectivity index (χ2v) is 9.38. The Kier molecular flexibility index (Phi) is 7.12. The Morgan fingerprint density at radius 2 is 1.67 bits per heavy atom. The van der Waals surface area contributed by atoms with Gasteiger partial charge in [0.25, 0.3) is 11.1 Å². The van der Waals surface area contributed by atoms with E-state index in [1.165, 1.54) is 7.11 Å². The minimum Gasteiger partial charge on any atom is -0.465 e. The smallest absolute Gasteiger partial charge is 0.337 e. The number of carbonyl (C=O) groups is 4. The number of aromatic nitrogens is 1. The van der Waals surface area contributed by atoms with E-state index in [1.807, 2.05) is 55.7 Å². The molecule has 0 radical (unpaired) electrons. The Hall–Kier alpha value is -4.11. The molecule has 184 valence electrons. The van der Waals surface area contributed by atoms with Gasteiger partial charge >= 0.3 is 5.97 Å². The number of ether oxygens (including phenoxy) is 1. The second-order valence-electron chi connectivity index (χ2n) is 8.38. The van der Waals surface area contributed by atoms with Gasteiger partial charge in [-0.15, -0.1) is 0 Å².